The molecule has 0 aliphatic carbocycles. The van der Waals surface area contributed by atoms with Crippen LogP contribution in [0.2, 0.25) is 0 Å². The van der Waals surface area contributed by atoms with Gasteiger partial charge >= 0.3 is 0 Å². The number of pyridine rings is 1. The van der Waals surface area contributed by atoms with Gasteiger partial charge in [0, 0.05) is 31.1 Å². The van der Waals surface area contributed by atoms with E-state index >= 15 is 0 Å². The Bertz CT molecular complexity index is 367. The standard InChI is InChI=1S/C14H20N2OS/c1-3-5-10-14(17)16(12-6-4-2)18-13-9-7-8-11-15-13/h3,7-9,11H,1,4-6,10,12H2,2H3. The number of rotatable bonds is 8. The fourth-order valence-electron chi connectivity index (χ4n) is 1.39. The summed E-state index contributed by atoms with van der Waals surface area (Å²) in [7, 11) is 0. The average molecular weight is 264 g/mol. The third-order valence-corrected chi connectivity index (χ3v) is 3.43. The summed E-state index contributed by atoms with van der Waals surface area (Å²) < 4.78 is 1.81. The second-order valence-electron chi connectivity index (χ2n) is 3.94. The van der Waals surface area contributed by atoms with Gasteiger partial charge in [0.05, 0.1) is 0 Å². The molecule has 0 atom stereocenters. The highest BCUT2D eigenvalue weighted by molar-refractivity contribution is 7.97. The first-order valence-corrected chi connectivity index (χ1v) is 7.05. The minimum absolute atomic E-state index is 0.152. The summed E-state index contributed by atoms with van der Waals surface area (Å²) in [4.78, 5) is 16.3. The van der Waals surface area contributed by atoms with Gasteiger partial charge in [-0.2, -0.15) is 0 Å². The molecule has 0 N–H and O–H groups in total. The summed E-state index contributed by atoms with van der Waals surface area (Å²) in [6.07, 6.45) is 6.86. The quantitative estimate of drug-likeness (QED) is 0.530. The molecule has 4 heteroatoms. The van der Waals surface area contributed by atoms with Crippen molar-refractivity contribution in [1.29, 1.82) is 0 Å². The Morgan fingerprint density at radius 3 is 3.00 bits per heavy atom. The molecule has 0 bridgehead atoms. The van der Waals surface area contributed by atoms with Crippen LogP contribution < -0.4 is 0 Å². The molecule has 0 aliphatic rings. The first-order chi connectivity index (χ1) is 8.77. The molecule has 0 fully saturated rings. The van der Waals surface area contributed by atoms with E-state index in [9.17, 15) is 4.79 Å². The maximum absolute atomic E-state index is 12.0. The number of nitrogens with zero attached hydrogens (tertiary/aromatic N) is 2. The minimum Gasteiger partial charge on any atom is -0.281 e. The molecule has 0 aromatic carbocycles. The summed E-state index contributed by atoms with van der Waals surface area (Å²) >= 11 is 1.43. The second kappa shape index (κ2) is 8.75. The van der Waals surface area contributed by atoms with Gasteiger partial charge in [-0.3, -0.25) is 9.10 Å². The molecule has 18 heavy (non-hydrogen) atoms. The molecule has 3 nitrogen and oxygen atoms in total. The van der Waals surface area contributed by atoms with E-state index < -0.39 is 0 Å². The van der Waals surface area contributed by atoms with Crippen molar-refractivity contribution in [2.75, 3.05) is 6.54 Å². The van der Waals surface area contributed by atoms with Gasteiger partial charge in [-0.15, -0.1) is 6.58 Å². The molecule has 0 spiro atoms. The zero-order valence-corrected chi connectivity index (χ0v) is 11.7. The van der Waals surface area contributed by atoms with Gasteiger partial charge in [-0.1, -0.05) is 25.5 Å². The predicted octanol–water partition coefficient (Wildman–Crippen LogP) is 3.68. The fraction of sp³-hybridized carbons (Fsp3) is 0.429. The molecular formula is C14H20N2OS. The number of hydrogen-bond donors (Lipinski definition) is 0. The SMILES string of the molecule is C=CCCC(=O)N(CCCC)Sc1ccccn1. The maximum atomic E-state index is 12.0. The van der Waals surface area contributed by atoms with Crippen LogP contribution in [0.3, 0.4) is 0 Å². The molecule has 0 saturated heterocycles. The molecule has 1 amide bonds. The topological polar surface area (TPSA) is 33.2 Å². The van der Waals surface area contributed by atoms with Crippen LogP contribution in [0, 0.1) is 0 Å². The molecule has 0 saturated carbocycles. The lowest BCUT2D eigenvalue weighted by molar-refractivity contribution is -0.126. The van der Waals surface area contributed by atoms with Crippen molar-refractivity contribution >= 4 is 17.9 Å². The van der Waals surface area contributed by atoms with Crippen molar-refractivity contribution in [2.24, 2.45) is 0 Å². The molecular weight excluding hydrogens is 244 g/mol. The number of unbranched alkanes of at least 4 members (excludes halogenated alkanes) is 1. The monoisotopic (exact) mass is 264 g/mol. The van der Waals surface area contributed by atoms with Crippen LogP contribution in [0.1, 0.15) is 32.6 Å². The van der Waals surface area contributed by atoms with Gasteiger partial charge in [0.1, 0.15) is 5.03 Å². The van der Waals surface area contributed by atoms with Crippen LogP contribution in [0.5, 0.6) is 0 Å². The first kappa shape index (κ1) is 14.8. The smallest absolute Gasteiger partial charge is 0.233 e. The first-order valence-electron chi connectivity index (χ1n) is 6.28. The van der Waals surface area contributed by atoms with Gasteiger partial charge in [0.25, 0.3) is 0 Å². The zero-order chi connectivity index (χ0) is 13.2. The Kier molecular flexibility index (Phi) is 7.18. The molecule has 98 valence electrons. The van der Waals surface area contributed by atoms with Crippen molar-refractivity contribution < 1.29 is 4.79 Å². The highest BCUT2D eigenvalue weighted by Gasteiger charge is 2.14. The molecule has 1 aromatic rings. The van der Waals surface area contributed by atoms with Gasteiger partial charge in [0.2, 0.25) is 5.91 Å². The van der Waals surface area contributed by atoms with Crippen molar-refractivity contribution in [3.63, 3.8) is 0 Å². The normalized spacial score (nSPS) is 10.1. The Labute approximate surface area is 113 Å². The minimum atomic E-state index is 0.152. The van der Waals surface area contributed by atoms with Crippen LogP contribution in [0.4, 0.5) is 0 Å². The fourth-order valence-corrected chi connectivity index (χ4v) is 2.27. The van der Waals surface area contributed by atoms with Gasteiger partial charge in [-0.05, 0) is 25.0 Å². The number of carbonyl (C=O) groups excluding carboxylic acids is 1. The van der Waals surface area contributed by atoms with Gasteiger partial charge in [0.15, 0.2) is 0 Å². The summed E-state index contributed by atoms with van der Waals surface area (Å²) in [6.45, 7) is 6.54. The van der Waals surface area contributed by atoms with E-state index in [2.05, 4.69) is 18.5 Å². The number of hydrogen-bond acceptors (Lipinski definition) is 3. The second-order valence-corrected chi connectivity index (χ2v) is 4.98. The number of aromatic nitrogens is 1. The predicted molar refractivity (Wildman–Crippen MR) is 76.1 cm³/mol. The Morgan fingerprint density at radius 1 is 1.56 bits per heavy atom. The number of amides is 1. The van der Waals surface area contributed by atoms with Crippen molar-refractivity contribution in [2.45, 2.75) is 37.6 Å². The van der Waals surface area contributed by atoms with E-state index in [1.165, 1.54) is 11.9 Å². The van der Waals surface area contributed by atoms with E-state index in [1.54, 1.807) is 12.3 Å². The van der Waals surface area contributed by atoms with E-state index in [0.29, 0.717) is 6.42 Å². The van der Waals surface area contributed by atoms with Crippen LogP contribution >= 0.6 is 11.9 Å². The highest BCUT2D eigenvalue weighted by atomic mass is 32.2. The largest absolute Gasteiger partial charge is 0.281 e. The maximum Gasteiger partial charge on any atom is 0.233 e. The van der Waals surface area contributed by atoms with Crippen LogP contribution in [0.15, 0.2) is 42.1 Å². The van der Waals surface area contributed by atoms with Gasteiger partial charge < -0.3 is 0 Å². The number of allylic oxidation sites excluding steroid dienone is 1. The third-order valence-electron chi connectivity index (χ3n) is 2.40. The van der Waals surface area contributed by atoms with E-state index in [1.807, 2.05) is 22.5 Å². The molecule has 1 aromatic heterocycles. The van der Waals surface area contributed by atoms with Gasteiger partial charge in [-0.25, -0.2) is 4.98 Å². The third kappa shape index (κ3) is 5.36. The van der Waals surface area contributed by atoms with Crippen molar-refractivity contribution in [1.82, 2.24) is 9.29 Å². The summed E-state index contributed by atoms with van der Waals surface area (Å²) in [5.74, 6) is 0.152. The molecule has 1 rings (SSSR count). The summed E-state index contributed by atoms with van der Waals surface area (Å²) in [5, 5.41) is 0.862. The molecule has 1 heterocycles. The van der Waals surface area contributed by atoms with Crippen LogP contribution in [0.25, 0.3) is 0 Å². The molecule has 0 radical (unpaired) electrons. The average Bonchev–Trinajstić information content (AvgIpc) is 2.42. The van der Waals surface area contributed by atoms with Crippen molar-refractivity contribution in [3.05, 3.63) is 37.1 Å². The van der Waals surface area contributed by atoms with Crippen LogP contribution in [-0.4, -0.2) is 21.7 Å². The summed E-state index contributed by atoms with van der Waals surface area (Å²) in [5.41, 5.74) is 0. The lowest BCUT2D eigenvalue weighted by Gasteiger charge is -2.20. The van der Waals surface area contributed by atoms with E-state index in [0.717, 1.165) is 30.8 Å². The van der Waals surface area contributed by atoms with E-state index in [-0.39, 0.29) is 5.91 Å². The molecule has 0 unspecified atom stereocenters. The number of carbonyl (C=O) groups is 1. The lowest BCUT2D eigenvalue weighted by Crippen LogP contribution is -2.25. The lowest BCUT2D eigenvalue weighted by atomic mass is 10.3. The Balaban J connectivity index is 2.59. The summed E-state index contributed by atoms with van der Waals surface area (Å²) in [6, 6.07) is 5.73. The van der Waals surface area contributed by atoms with Crippen molar-refractivity contribution in [3.8, 4) is 0 Å². The highest BCUT2D eigenvalue weighted by Crippen LogP contribution is 2.22. The Morgan fingerprint density at radius 2 is 2.39 bits per heavy atom. The van der Waals surface area contributed by atoms with E-state index in [4.69, 9.17) is 0 Å². The zero-order valence-electron chi connectivity index (χ0n) is 10.8. The van der Waals surface area contributed by atoms with Crippen LogP contribution in [-0.2, 0) is 4.79 Å². The Hall–Kier alpha value is -1.29. The molecule has 0 aliphatic heterocycles.